The number of ether oxygens (including phenoxy) is 1. The average molecular weight is 403 g/mol. The lowest BCUT2D eigenvalue weighted by Gasteiger charge is -2.27. The Morgan fingerprint density at radius 1 is 1.11 bits per heavy atom. The van der Waals surface area contributed by atoms with Crippen molar-refractivity contribution in [2.45, 2.75) is 38.0 Å². The van der Waals surface area contributed by atoms with Crippen molar-refractivity contribution in [3.8, 4) is 5.75 Å². The second-order valence-corrected chi connectivity index (χ2v) is 9.02. The molecule has 150 valence electrons. The summed E-state index contributed by atoms with van der Waals surface area (Å²) in [5.74, 6) is 1.10. The molecule has 1 amide bonds. The van der Waals surface area contributed by atoms with E-state index in [0.717, 1.165) is 12.8 Å². The van der Waals surface area contributed by atoms with E-state index < -0.39 is 10.0 Å². The number of hydrogen-bond donors (Lipinski definition) is 1. The molecule has 1 saturated heterocycles. The summed E-state index contributed by atoms with van der Waals surface area (Å²) in [4.78, 5) is 14.0. The highest BCUT2D eigenvalue weighted by Gasteiger charge is 2.20. The smallest absolute Gasteiger partial charge is 0.261 e. The van der Waals surface area contributed by atoms with Gasteiger partial charge in [0.15, 0.2) is 0 Å². The van der Waals surface area contributed by atoms with Gasteiger partial charge in [0.25, 0.3) is 10.0 Å². The third kappa shape index (κ3) is 5.04. The van der Waals surface area contributed by atoms with E-state index in [0.29, 0.717) is 42.6 Å². The molecule has 0 spiro atoms. The number of carbonyl (C=O) groups is 1. The van der Waals surface area contributed by atoms with Gasteiger partial charge in [-0.2, -0.15) is 0 Å². The van der Waals surface area contributed by atoms with E-state index >= 15 is 0 Å². The average Bonchev–Trinajstić information content (AvgIpc) is 2.67. The molecule has 3 rings (SSSR count). The number of rotatable bonds is 7. The number of carbonyl (C=O) groups excluding carboxylic acids is 1. The van der Waals surface area contributed by atoms with Gasteiger partial charge in [0, 0.05) is 18.7 Å². The summed E-state index contributed by atoms with van der Waals surface area (Å²) in [5, 5.41) is 0. The van der Waals surface area contributed by atoms with E-state index in [4.69, 9.17) is 4.74 Å². The minimum atomic E-state index is -3.73. The zero-order valence-electron chi connectivity index (χ0n) is 16.2. The molecule has 0 aliphatic carbocycles. The van der Waals surface area contributed by atoms with Crippen molar-refractivity contribution in [1.29, 1.82) is 0 Å². The molecule has 28 heavy (non-hydrogen) atoms. The highest BCUT2D eigenvalue weighted by atomic mass is 32.2. The molecule has 7 heteroatoms. The van der Waals surface area contributed by atoms with Crippen molar-refractivity contribution in [1.82, 2.24) is 0 Å². The molecule has 1 heterocycles. The SMILES string of the molecule is CC(C)COc1ccc(S(=O)(=O)Nc2cccc(N3CCCCC3=O)c2)cc1. The number of sulfonamides is 1. The Morgan fingerprint density at radius 3 is 2.54 bits per heavy atom. The lowest BCUT2D eigenvalue weighted by Crippen LogP contribution is -2.35. The van der Waals surface area contributed by atoms with Crippen molar-refractivity contribution in [3.63, 3.8) is 0 Å². The first-order chi connectivity index (χ1) is 13.3. The first-order valence-corrected chi connectivity index (χ1v) is 11.0. The number of nitrogens with zero attached hydrogens (tertiary/aromatic N) is 1. The number of benzene rings is 2. The fourth-order valence-electron chi connectivity index (χ4n) is 3.01. The van der Waals surface area contributed by atoms with Gasteiger partial charge in [0.1, 0.15) is 5.75 Å². The Labute approximate surface area is 166 Å². The van der Waals surface area contributed by atoms with Gasteiger partial charge in [0.05, 0.1) is 17.2 Å². The lowest BCUT2D eigenvalue weighted by molar-refractivity contribution is -0.119. The standard InChI is InChI=1S/C21H26N2O4S/c1-16(2)15-27-19-9-11-20(12-10-19)28(25,26)22-17-6-5-7-18(14-17)23-13-4-3-8-21(23)24/h5-7,9-12,14,16,22H,3-4,8,13,15H2,1-2H3. The fourth-order valence-corrected chi connectivity index (χ4v) is 4.06. The quantitative estimate of drug-likeness (QED) is 0.758. The highest BCUT2D eigenvalue weighted by Crippen LogP contribution is 2.26. The van der Waals surface area contributed by atoms with Crippen LogP contribution in [0.15, 0.2) is 53.4 Å². The van der Waals surface area contributed by atoms with Crippen LogP contribution in [-0.4, -0.2) is 27.5 Å². The number of anilines is 2. The van der Waals surface area contributed by atoms with Crippen LogP contribution in [0.1, 0.15) is 33.1 Å². The van der Waals surface area contributed by atoms with Crippen LogP contribution in [0.3, 0.4) is 0 Å². The number of piperidine rings is 1. The summed E-state index contributed by atoms with van der Waals surface area (Å²) in [6, 6.07) is 13.3. The zero-order valence-corrected chi connectivity index (χ0v) is 17.0. The van der Waals surface area contributed by atoms with Gasteiger partial charge in [-0.25, -0.2) is 8.42 Å². The van der Waals surface area contributed by atoms with Crippen molar-refractivity contribution in [2.75, 3.05) is 22.8 Å². The van der Waals surface area contributed by atoms with E-state index in [-0.39, 0.29) is 10.8 Å². The van der Waals surface area contributed by atoms with Crippen LogP contribution in [0.25, 0.3) is 0 Å². The monoisotopic (exact) mass is 402 g/mol. The maximum absolute atomic E-state index is 12.7. The lowest BCUT2D eigenvalue weighted by atomic mass is 10.1. The van der Waals surface area contributed by atoms with Crippen molar-refractivity contribution in [3.05, 3.63) is 48.5 Å². The molecule has 0 bridgehead atoms. The fraction of sp³-hybridized carbons (Fsp3) is 0.381. The van der Waals surface area contributed by atoms with Gasteiger partial charge in [-0.3, -0.25) is 9.52 Å². The normalized spacial score (nSPS) is 15.0. The largest absolute Gasteiger partial charge is 0.493 e. The second kappa shape index (κ2) is 8.65. The van der Waals surface area contributed by atoms with Gasteiger partial charge < -0.3 is 9.64 Å². The summed E-state index contributed by atoms with van der Waals surface area (Å²) in [5.41, 5.74) is 1.14. The summed E-state index contributed by atoms with van der Waals surface area (Å²) < 4.78 is 33.6. The molecule has 0 saturated carbocycles. The third-order valence-corrected chi connectivity index (χ3v) is 5.85. The van der Waals surface area contributed by atoms with E-state index in [1.807, 2.05) is 19.9 Å². The first-order valence-electron chi connectivity index (χ1n) is 9.51. The number of nitrogens with one attached hydrogen (secondary N) is 1. The van der Waals surface area contributed by atoms with Crippen LogP contribution in [0.2, 0.25) is 0 Å². The van der Waals surface area contributed by atoms with Crippen LogP contribution in [0.4, 0.5) is 11.4 Å². The zero-order chi connectivity index (χ0) is 20.1. The molecule has 1 N–H and O–H groups in total. The molecular formula is C21H26N2O4S. The molecule has 1 aliphatic rings. The number of amides is 1. The first kappa shape index (κ1) is 20.2. The predicted octanol–water partition coefficient (Wildman–Crippen LogP) is 4.04. The molecule has 1 aliphatic heterocycles. The van der Waals surface area contributed by atoms with Gasteiger partial charge in [-0.05, 0) is 61.2 Å². The van der Waals surface area contributed by atoms with E-state index in [9.17, 15) is 13.2 Å². The summed E-state index contributed by atoms with van der Waals surface area (Å²) in [6.45, 7) is 5.34. The molecule has 6 nitrogen and oxygen atoms in total. The van der Waals surface area contributed by atoms with Gasteiger partial charge in [-0.1, -0.05) is 19.9 Å². The van der Waals surface area contributed by atoms with Gasteiger partial charge in [0.2, 0.25) is 5.91 Å². The van der Waals surface area contributed by atoms with Crippen LogP contribution in [0.5, 0.6) is 5.75 Å². The molecule has 2 aromatic rings. The Morgan fingerprint density at radius 2 is 1.86 bits per heavy atom. The van der Waals surface area contributed by atoms with Gasteiger partial charge >= 0.3 is 0 Å². The van der Waals surface area contributed by atoms with Crippen molar-refractivity contribution >= 4 is 27.3 Å². The van der Waals surface area contributed by atoms with E-state index in [1.54, 1.807) is 35.2 Å². The van der Waals surface area contributed by atoms with E-state index in [2.05, 4.69) is 4.72 Å². The molecule has 0 radical (unpaired) electrons. The summed E-state index contributed by atoms with van der Waals surface area (Å²) in [6.07, 6.45) is 2.38. The third-order valence-electron chi connectivity index (χ3n) is 4.45. The van der Waals surface area contributed by atoms with Crippen LogP contribution in [0, 0.1) is 5.92 Å². The highest BCUT2D eigenvalue weighted by molar-refractivity contribution is 7.92. The van der Waals surface area contributed by atoms with E-state index in [1.165, 1.54) is 12.1 Å². The predicted molar refractivity (Wildman–Crippen MR) is 110 cm³/mol. The van der Waals surface area contributed by atoms with Crippen molar-refractivity contribution < 1.29 is 17.9 Å². The molecule has 0 unspecified atom stereocenters. The summed E-state index contributed by atoms with van der Waals surface area (Å²) in [7, 11) is -3.73. The Kier molecular flexibility index (Phi) is 6.24. The molecule has 0 atom stereocenters. The molecule has 1 fully saturated rings. The Balaban J connectivity index is 1.73. The van der Waals surface area contributed by atoms with Crippen molar-refractivity contribution in [2.24, 2.45) is 5.92 Å². The van der Waals surface area contributed by atoms with Gasteiger partial charge in [-0.15, -0.1) is 0 Å². The Bertz CT molecular complexity index is 924. The minimum absolute atomic E-state index is 0.0724. The molecule has 0 aromatic heterocycles. The minimum Gasteiger partial charge on any atom is -0.493 e. The van der Waals surface area contributed by atoms with Crippen LogP contribution in [-0.2, 0) is 14.8 Å². The maximum Gasteiger partial charge on any atom is 0.261 e. The Hall–Kier alpha value is -2.54. The number of hydrogen-bond acceptors (Lipinski definition) is 4. The van der Waals surface area contributed by atoms with Crippen LogP contribution < -0.4 is 14.4 Å². The van der Waals surface area contributed by atoms with Crippen LogP contribution >= 0.6 is 0 Å². The maximum atomic E-state index is 12.7. The molecular weight excluding hydrogens is 376 g/mol. The summed E-state index contributed by atoms with van der Waals surface area (Å²) >= 11 is 0. The molecule has 2 aromatic carbocycles. The second-order valence-electron chi connectivity index (χ2n) is 7.33. The topological polar surface area (TPSA) is 75.7 Å².